The second kappa shape index (κ2) is 7.24. The molecule has 2 heterocycles. The van der Waals surface area contributed by atoms with Crippen LogP contribution in [-0.4, -0.2) is 31.1 Å². The van der Waals surface area contributed by atoms with Crippen molar-refractivity contribution in [2.24, 2.45) is 0 Å². The van der Waals surface area contributed by atoms with Crippen molar-refractivity contribution in [1.82, 2.24) is 5.32 Å². The topological polar surface area (TPSA) is 56.4 Å². The average molecular weight is 384 g/mol. The van der Waals surface area contributed by atoms with Crippen molar-refractivity contribution >= 4 is 28.5 Å². The quantitative estimate of drug-likeness (QED) is 0.709. The maximum Gasteiger partial charge on any atom is 0.257 e. The number of anilines is 3. The molecule has 1 fully saturated rings. The fraction of sp³-hybridized carbons (Fsp3) is 0.286. The Morgan fingerprint density at radius 3 is 2.57 bits per heavy atom. The van der Waals surface area contributed by atoms with Crippen molar-refractivity contribution < 1.29 is 13.6 Å². The molecule has 0 saturated carbocycles. The monoisotopic (exact) mass is 384 g/mol. The van der Waals surface area contributed by atoms with Gasteiger partial charge in [0.15, 0.2) is 0 Å². The summed E-state index contributed by atoms with van der Waals surface area (Å²) in [4.78, 5) is 14.1. The van der Waals surface area contributed by atoms with Gasteiger partial charge in [-0.05, 0) is 44.2 Å². The van der Waals surface area contributed by atoms with E-state index in [-0.39, 0.29) is 29.0 Å². The summed E-state index contributed by atoms with van der Waals surface area (Å²) in [5.41, 5.74) is 1.88. The smallest absolute Gasteiger partial charge is 0.257 e. The molecule has 2 aliphatic rings. The predicted octanol–water partition coefficient (Wildman–Crippen LogP) is 3.56. The third kappa shape index (κ3) is 3.45. The van der Waals surface area contributed by atoms with Crippen LogP contribution in [0.4, 0.5) is 25.8 Å². The van der Waals surface area contributed by atoms with Crippen LogP contribution in [0.5, 0.6) is 0 Å². The number of amides is 1. The minimum absolute atomic E-state index is 0.183. The van der Waals surface area contributed by atoms with Gasteiger partial charge in [0.1, 0.15) is 11.6 Å². The zero-order valence-corrected chi connectivity index (χ0v) is 15.7. The lowest BCUT2D eigenvalue weighted by Crippen LogP contribution is -2.54. The number of hydrogen-bond acceptors (Lipinski definition) is 4. The van der Waals surface area contributed by atoms with Crippen molar-refractivity contribution in [3.63, 3.8) is 0 Å². The molecule has 146 valence electrons. The molecule has 0 radical (unpaired) electrons. The number of nitrogens with zero attached hydrogens (tertiary/aromatic N) is 1. The van der Waals surface area contributed by atoms with E-state index in [2.05, 4.69) is 29.8 Å². The Hall–Kier alpha value is -2.93. The van der Waals surface area contributed by atoms with Crippen LogP contribution in [-0.2, 0) is 4.79 Å². The van der Waals surface area contributed by atoms with Crippen LogP contribution in [0.2, 0.25) is 0 Å². The Kier molecular flexibility index (Phi) is 4.77. The second-order valence-electron chi connectivity index (χ2n) is 7.36. The van der Waals surface area contributed by atoms with Gasteiger partial charge in [-0.1, -0.05) is 6.07 Å². The van der Waals surface area contributed by atoms with Gasteiger partial charge in [0.2, 0.25) is 0 Å². The third-order valence-corrected chi connectivity index (χ3v) is 5.00. The molecule has 2 aliphatic heterocycles. The van der Waals surface area contributed by atoms with Crippen molar-refractivity contribution in [3.05, 3.63) is 59.8 Å². The van der Waals surface area contributed by atoms with Gasteiger partial charge in [0.25, 0.3) is 5.91 Å². The number of rotatable bonds is 3. The Morgan fingerprint density at radius 2 is 1.86 bits per heavy atom. The molecule has 0 aliphatic carbocycles. The molecule has 2 aromatic carbocycles. The number of carbonyl (C=O) groups is 1. The van der Waals surface area contributed by atoms with E-state index in [1.807, 2.05) is 4.90 Å². The van der Waals surface area contributed by atoms with Gasteiger partial charge in [0.05, 0.1) is 16.9 Å². The number of fused-ring (bicyclic) bond motifs is 1. The molecule has 3 N–H and O–H groups in total. The van der Waals surface area contributed by atoms with Crippen molar-refractivity contribution in [3.8, 4) is 0 Å². The van der Waals surface area contributed by atoms with E-state index in [0.29, 0.717) is 17.1 Å². The number of piperazine rings is 1. The maximum absolute atomic E-state index is 14.7. The summed E-state index contributed by atoms with van der Waals surface area (Å²) in [7, 11) is 0. The lowest BCUT2D eigenvalue weighted by molar-refractivity contribution is -0.110. The summed E-state index contributed by atoms with van der Waals surface area (Å²) < 4.78 is 28.8. The Bertz CT molecular complexity index is 949. The molecule has 5 nitrogen and oxygen atoms in total. The molecule has 0 aromatic heterocycles. The zero-order valence-electron chi connectivity index (χ0n) is 15.7. The first-order chi connectivity index (χ1) is 13.4. The molecule has 2 aromatic rings. The summed E-state index contributed by atoms with van der Waals surface area (Å²) in [6.45, 7) is 5.61. The van der Waals surface area contributed by atoms with Gasteiger partial charge >= 0.3 is 0 Å². The van der Waals surface area contributed by atoms with Gasteiger partial charge in [-0.15, -0.1) is 0 Å². The van der Waals surface area contributed by atoms with Crippen LogP contribution >= 0.6 is 0 Å². The first-order valence-electron chi connectivity index (χ1n) is 9.30. The predicted molar refractivity (Wildman–Crippen MR) is 107 cm³/mol. The Labute approximate surface area is 162 Å². The number of nitrogens with one attached hydrogen (secondary N) is 3. The van der Waals surface area contributed by atoms with E-state index in [1.165, 1.54) is 24.4 Å². The normalized spacial score (nSPS) is 22.9. The highest BCUT2D eigenvalue weighted by Crippen LogP contribution is 2.34. The SMILES string of the molecule is CC1CN(c2ccc(N/C=C3/C(=O)Nc4cccc(F)c43)cc2F)CC(C)N1. The fourth-order valence-corrected chi connectivity index (χ4v) is 3.88. The first kappa shape index (κ1) is 18.4. The molecule has 2 unspecified atom stereocenters. The summed E-state index contributed by atoms with van der Waals surface area (Å²) in [6, 6.07) is 9.91. The van der Waals surface area contributed by atoms with Crippen LogP contribution in [0, 0.1) is 11.6 Å². The number of hydrogen-bond donors (Lipinski definition) is 3. The summed E-state index contributed by atoms with van der Waals surface area (Å²) in [6.07, 6.45) is 1.41. The number of carbonyl (C=O) groups excluding carboxylic acids is 1. The van der Waals surface area contributed by atoms with Gasteiger partial charge in [0, 0.05) is 42.6 Å². The van der Waals surface area contributed by atoms with Gasteiger partial charge in [-0.25, -0.2) is 8.78 Å². The summed E-state index contributed by atoms with van der Waals surface area (Å²) >= 11 is 0. The third-order valence-electron chi connectivity index (χ3n) is 5.00. The Balaban J connectivity index is 1.55. The highest BCUT2D eigenvalue weighted by atomic mass is 19.1. The van der Waals surface area contributed by atoms with Gasteiger partial charge in [-0.2, -0.15) is 0 Å². The number of halogens is 2. The van der Waals surface area contributed by atoms with Gasteiger partial charge in [-0.3, -0.25) is 4.79 Å². The standard InChI is InChI=1S/C21H22F2N4O/c1-12-10-27(11-13(2)25-12)19-7-6-14(8-17(19)23)24-9-15-20-16(22)4-3-5-18(20)26-21(15)28/h3-9,12-13,24-25H,10-11H2,1-2H3,(H,26,28)/b15-9+. The molecule has 4 rings (SSSR count). The van der Waals surface area contributed by atoms with Crippen LogP contribution in [0.15, 0.2) is 42.6 Å². The van der Waals surface area contributed by atoms with Gasteiger partial charge < -0.3 is 20.9 Å². The average Bonchev–Trinajstić information content (AvgIpc) is 2.95. The maximum atomic E-state index is 14.7. The van der Waals surface area contributed by atoms with E-state index in [4.69, 9.17) is 0 Å². The zero-order chi connectivity index (χ0) is 19.8. The van der Waals surface area contributed by atoms with E-state index in [1.54, 1.807) is 18.2 Å². The highest BCUT2D eigenvalue weighted by molar-refractivity contribution is 6.31. The largest absolute Gasteiger partial charge is 0.366 e. The molecule has 0 spiro atoms. The minimum Gasteiger partial charge on any atom is -0.366 e. The fourth-order valence-electron chi connectivity index (χ4n) is 3.88. The lowest BCUT2D eigenvalue weighted by atomic mass is 10.1. The van der Waals surface area contributed by atoms with Crippen LogP contribution in [0.3, 0.4) is 0 Å². The molecule has 2 atom stereocenters. The van der Waals surface area contributed by atoms with E-state index in [9.17, 15) is 13.6 Å². The van der Waals surface area contributed by atoms with Crippen molar-refractivity contribution in [2.45, 2.75) is 25.9 Å². The van der Waals surface area contributed by atoms with E-state index < -0.39 is 11.7 Å². The Morgan fingerprint density at radius 1 is 1.11 bits per heavy atom. The van der Waals surface area contributed by atoms with Crippen molar-refractivity contribution in [1.29, 1.82) is 0 Å². The molecule has 7 heteroatoms. The van der Waals surface area contributed by atoms with Crippen molar-refractivity contribution in [2.75, 3.05) is 28.6 Å². The minimum atomic E-state index is -0.479. The van der Waals surface area contributed by atoms with Crippen LogP contribution < -0.4 is 20.9 Å². The summed E-state index contributed by atoms with van der Waals surface area (Å²) in [5.74, 6) is -1.21. The highest BCUT2D eigenvalue weighted by Gasteiger charge is 2.27. The molecule has 1 amide bonds. The lowest BCUT2D eigenvalue weighted by Gasteiger charge is -2.37. The van der Waals surface area contributed by atoms with E-state index in [0.717, 1.165) is 13.1 Å². The first-order valence-corrected chi connectivity index (χ1v) is 9.30. The second-order valence-corrected chi connectivity index (χ2v) is 7.36. The van der Waals surface area contributed by atoms with Crippen LogP contribution in [0.1, 0.15) is 19.4 Å². The summed E-state index contributed by atoms with van der Waals surface area (Å²) in [5, 5.41) is 8.96. The molecule has 28 heavy (non-hydrogen) atoms. The number of benzene rings is 2. The molecular weight excluding hydrogens is 362 g/mol. The molecule has 1 saturated heterocycles. The van der Waals surface area contributed by atoms with Crippen LogP contribution in [0.25, 0.3) is 5.57 Å². The van der Waals surface area contributed by atoms with E-state index >= 15 is 0 Å². The molecule has 0 bridgehead atoms. The molecular formula is C21H22F2N4O.